The van der Waals surface area contributed by atoms with E-state index in [0.717, 1.165) is 4.90 Å². The molecule has 2 aromatic carbocycles. The summed E-state index contributed by atoms with van der Waals surface area (Å²) in [5, 5.41) is 3.44. The van der Waals surface area contributed by atoms with Crippen LogP contribution in [0.3, 0.4) is 0 Å². The van der Waals surface area contributed by atoms with Crippen LogP contribution in [0.1, 0.15) is 28.8 Å². The van der Waals surface area contributed by atoms with Crippen LogP contribution >= 0.6 is 23.4 Å². The molecule has 2 rings (SSSR count). The van der Waals surface area contributed by atoms with Gasteiger partial charge in [-0.15, -0.1) is 11.8 Å². The van der Waals surface area contributed by atoms with Crippen LogP contribution in [-0.4, -0.2) is 18.7 Å². The summed E-state index contributed by atoms with van der Waals surface area (Å²) in [5.74, 6) is 0.135. The van der Waals surface area contributed by atoms with Gasteiger partial charge in [0.2, 0.25) is 0 Å². The van der Waals surface area contributed by atoms with Gasteiger partial charge in [0.15, 0.2) is 0 Å². The number of benzene rings is 2. The summed E-state index contributed by atoms with van der Waals surface area (Å²) in [6.07, 6.45) is 1.97. The van der Waals surface area contributed by atoms with E-state index in [2.05, 4.69) is 24.4 Å². The fraction of sp³-hybridized carbons (Fsp3) is 0.235. The van der Waals surface area contributed by atoms with E-state index in [9.17, 15) is 4.79 Å². The minimum absolute atomic E-state index is 0.126. The molecule has 0 bridgehead atoms. The average Bonchev–Trinajstić information content (AvgIpc) is 2.53. The van der Waals surface area contributed by atoms with Crippen molar-refractivity contribution in [3.05, 3.63) is 64.7 Å². The van der Waals surface area contributed by atoms with Gasteiger partial charge in [0.25, 0.3) is 5.91 Å². The molecule has 0 aliphatic rings. The van der Waals surface area contributed by atoms with Gasteiger partial charge in [-0.3, -0.25) is 4.79 Å². The first-order valence-corrected chi connectivity index (χ1v) is 8.38. The lowest BCUT2D eigenvalue weighted by Crippen LogP contribution is -2.27. The zero-order valence-electron chi connectivity index (χ0n) is 12.1. The van der Waals surface area contributed by atoms with Crippen LogP contribution in [0.2, 0.25) is 5.02 Å². The van der Waals surface area contributed by atoms with Crippen molar-refractivity contribution in [1.82, 2.24) is 5.32 Å². The number of amides is 1. The molecule has 0 aromatic heterocycles. The maximum Gasteiger partial charge on any atom is 0.252 e. The van der Waals surface area contributed by atoms with Crippen LogP contribution < -0.4 is 5.32 Å². The molecule has 2 aromatic rings. The van der Waals surface area contributed by atoms with E-state index in [1.165, 1.54) is 5.56 Å². The predicted octanol–water partition coefficient (Wildman–Crippen LogP) is 4.60. The molecule has 0 aliphatic heterocycles. The van der Waals surface area contributed by atoms with Crippen molar-refractivity contribution in [3.8, 4) is 0 Å². The number of thioether (sulfide) groups is 1. The molecule has 110 valence electrons. The minimum Gasteiger partial charge on any atom is -0.351 e. The molecule has 1 N–H and O–H groups in total. The smallest absolute Gasteiger partial charge is 0.252 e. The Kier molecular flexibility index (Phi) is 5.71. The van der Waals surface area contributed by atoms with Crippen molar-refractivity contribution in [2.45, 2.75) is 17.7 Å². The van der Waals surface area contributed by atoms with Crippen molar-refractivity contribution in [1.29, 1.82) is 0 Å². The third-order valence-corrected chi connectivity index (χ3v) is 4.41. The minimum atomic E-state index is -0.126. The normalized spacial score (nSPS) is 12.0. The fourth-order valence-electron chi connectivity index (χ4n) is 2.05. The third kappa shape index (κ3) is 4.26. The van der Waals surface area contributed by atoms with E-state index in [1.807, 2.05) is 36.6 Å². The topological polar surface area (TPSA) is 29.1 Å². The average molecular weight is 320 g/mol. The molecule has 1 amide bonds. The van der Waals surface area contributed by atoms with Crippen molar-refractivity contribution >= 4 is 29.3 Å². The SMILES string of the molecule is CSc1ccc(Cl)c(C(=O)NC[C@@H](C)c2ccccc2)c1. The summed E-state index contributed by atoms with van der Waals surface area (Å²) in [5.41, 5.74) is 1.74. The molecule has 0 saturated carbocycles. The Morgan fingerprint density at radius 2 is 1.95 bits per heavy atom. The number of halogens is 1. The van der Waals surface area contributed by atoms with Crippen LogP contribution in [0.25, 0.3) is 0 Å². The van der Waals surface area contributed by atoms with Gasteiger partial charge in [-0.1, -0.05) is 48.9 Å². The number of hydrogen-bond acceptors (Lipinski definition) is 2. The third-order valence-electron chi connectivity index (χ3n) is 3.36. The highest BCUT2D eigenvalue weighted by molar-refractivity contribution is 7.98. The van der Waals surface area contributed by atoms with Crippen LogP contribution in [-0.2, 0) is 0 Å². The van der Waals surface area contributed by atoms with Gasteiger partial charge in [-0.2, -0.15) is 0 Å². The standard InChI is InChI=1S/C17H18ClNOS/c1-12(13-6-4-3-5-7-13)11-19-17(20)15-10-14(21-2)8-9-16(15)18/h3-10,12H,11H2,1-2H3,(H,19,20)/t12-/m1/s1. The molecular weight excluding hydrogens is 302 g/mol. The van der Waals surface area contributed by atoms with Crippen LogP contribution in [0.4, 0.5) is 0 Å². The lowest BCUT2D eigenvalue weighted by molar-refractivity contribution is 0.0951. The van der Waals surface area contributed by atoms with E-state index < -0.39 is 0 Å². The predicted molar refractivity (Wildman–Crippen MR) is 90.4 cm³/mol. The second kappa shape index (κ2) is 7.53. The molecule has 21 heavy (non-hydrogen) atoms. The lowest BCUT2D eigenvalue weighted by atomic mass is 10.0. The summed E-state index contributed by atoms with van der Waals surface area (Å²) in [7, 11) is 0. The zero-order chi connectivity index (χ0) is 15.2. The molecule has 0 unspecified atom stereocenters. The first kappa shape index (κ1) is 15.9. The van der Waals surface area contributed by atoms with Gasteiger partial charge >= 0.3 is 0 Å². The Labute approximate surface area is 134 Å². The quantitative estimate of drug-likeness (QED) is 0.816. The monoisotopic (exact) mass is 319 g/mol. The number of hydrogen-bond donors (Lipinski definition) is 1. The molecule has 0 fully saturated rings. The van der Waals surface area contributed by atoms with Crippen molar-refractivity contribution in [2.75, 3.05) is 12.8 Å². The van der Waals surface area contributed by atoms with E-state index in [0.29, 0.717) is 17.1 Å². The fourth-order valence-corrected chi connectivity index (χ4v) is 2.69. The lowest BCUT2D eigenvalue weighted by Gasteiger charge is -2.14. The second-order valence-corrected chi connectivity index (χ2v) is 6.15. The Hall–Kier alpha value is -1.45. The molecule has 2 nitrogen and oxygen atoms in total. The molecule has 1 atom stereocenters. The van der Waals surface area contributed by atoms with Gasteiger partial charge in [-0.05, 0) is 35.9 Å². The van der Waals surface area contributed by atoms with E-state index in [4.69, 9.17) is 11.6 Å². The van der Waals surface area contributed by atoms with E-state index >= 15 is 0 Å². The zero-order valence-corrected chi connectivity index (χ0v) is 13.7. The van der Waals surface area contributed by atoms with Crippen molar-refractivity contribution in [3.63, 3.8) is 0 Å². The first-order valence-electron chi connectivity index (χ1n) is 6.78. The van der Waals surface area contributed by atoms with Crippen LogP contribution in [0, 0.1) is 0 Å². The Bertz CT molecular complexity index is 615. The van der Waals surface area contributed by atoms with Crippen LogP contribution in [0.15, 0.2) is 53.4 Å². The van der Waals surface area contributed by atoms with Gasteiger partial charge in [0.05, 0.1) is 10.6 Å². The Morgan fingerprint density at radius 1 is 1.24 bits per heavy atom. The molecule has 0 radical (unpaired) electrons. The Morgan fingerprint density at radius 3 is 2.62 bits per heavy atom. The number of nitrogens with one attached hydrogen (secondary N) is 1. The summed E-state index contributed by atoms with van der Waals surface area (Å²) in [4.78, 5) is 13.3. The van der Waals surface area contributed by atoms with E-state index in [1.54, 1.807) is 17.8 Å². The summed E-state index contributed by atoms with van der Waals surface area (Å²) >= 11 is 7.70. The highest BCUT2D eigenvalue weighted by Crippen LogP contribution is 2.23. The second-order valence-electron chi connectivity index (χ2n) is 4.87. The number of carbonyl (C=O) groups is 1. The number of rotatable bonds is 5. The van der Waals surface area contributed by atoms with Gasteiger partial charge in [0, 0.05) is 11.4 Å². The van der Waals surface area contributed by atoms with Gasteiger partial charge in [0.1, 0.15) is 0 Å². The highest BCUT2D eigenvalue weighted by Gasteiger charge is 2.13. The maximum absolute atomic E-state index is 12.3. The maximum atomic E-state index is 12.3. The van der Waals surface area contributed by atoms with E-state index in [-0.39, 0.29) is 11.8 Å². The molecule has 0 spiro atoms. The van der Waals surface area contributed by atoms with Crippen molar-refractivity contribution < 1.29 is 4.79 Å². The molecule has 0 aliphatic carbocycles. The summed E-state index contributed by atoms with van der Waals surface area (Å²) in [6.45, 7) is 2.68. The summed E-state index contributed by atoms with van der Waals surface area (Å²) in [6, 6.07) is 15.6. The first-order chi connectivity index (χ1) is 10.1. The van der Waals surface area contributed by atoms with Crippen LogP contribution in [0.5, 0.6) is 0 Å². The molecule has 4 heteroatoms. The Balaban J connectivity index is 2.02. The highest BCUT2D eigenvalue weighted by atomic mass is 35.5. The molecule has 0 heterocycles. The molecule has 0 saturated heterocycles. The number of carbonyl (C=O) groups excluding carboxylic acids is 1. The van der Waals surface area contributed by atoms with Gasteiger partial charge < -0.3 is 5.32 Å². The van der Waals surface area contributed by atoms with Crippen molar-refractivity contribution in [2.24, 2.45) is 0 Å². The largest absolute Gasteiger partial charge is 0.351 e. The summed E-state index contributed by atoms with van der Waals surface area (Å²) < 4.78 is 0. The molecular formula is C17H18ClNOS. The van der Waals surface area contributed by atoms with Gasteiger partial charge in [-0.25, -0.2) is 0 Å².